The minimum atomic E-state index is -1.19. The van der Waals surface area contributed by atoms with Gasteiger partial charge in [0.2, 0.25) is 11.8 Å². The third-order valence-corrected chi connectivity index (χ3v) is 2.15. The highest BCUT2D eigenvalue weighted by Gasteiger charge is 2.16. The molecule has 7 nitrogen and oxygen atoms in total. The average Bonchev–Trinajstić information content (AvgIpc) is 2.27. The Kier molecular flexibility index (Phi) is 4.47. The Labute approximate surface area is 104 Å². The Morgan fingerprint density at radius 1 is 1.50 bits per heavy atom. The van der Waals surface area contributed by atoms with E-state index in [1.54, 1.807) is 31.3 Å². The van der Waals surface area contributed by atoms with Crippen molar-refractivity contribution in [2.45, 2.75) is 6.42 Å². The number of aliphatic carboxylic acids is 1. The number of hydrogen-bond donors (Lipinski definition) is 2. The number of ether oxygens (including phenoxy) is 1. The second kappa shape index (κ2) is 5.85. The summed E-state index contributed by atoms with van der Waals surface area (Å²) in [6.07, 6.45) is 0.936. The van der Waals surface area contributed by atoms with Gasteiger partial charge in [-0.3, -0.25) is 9.59 Å². The van der Waals surface area contributed by atoms with E-state index in [-0.39, 0.29) is 5.88 Å². The van der Waals surface area contributed by atoms with Crippen molar-refractivity contribution >= 4 is 23.3 Å². The molecule has 0 aromatic carbocycles. The van der Waals surface area contributed by atoms with E-state index in [0.29, 0.717) is 11.4 Å². The smallest absolute Gasteiger partial charge is 0.312 e. The molecule has 1 rings (SSSR count). The number of aromatic nitrogens is 1. The zero-order chi connectivity index (χ0) is 13.7. The standard InChI is InChI=1S/C11H15N3O4/c1-14(2)7-4-5-12-11(18-3)10(7)13-8(15)6-9(16)17/h4-5H,6H2,1-3H3,(H,13,15)(H,16,17). The predicted octanol–water partition coefficient (Wildman–Crippen LogP) is 0.569. The molecule has 0 spiro atoms. The first-order valence-corrected chi connectivity index (χ1v) is 5.17. The first kappa shape index (κ1) is 13.8. The monoisotopic (exact) mass is 253 g/mol. The summed E-state index contributed by atoms with van der Waals surface area (Å²) in [7, 11) is 5.01. The molecule has 0 saturated heterocycles. The Balaban J connectivity index is 3.04. The van der Waals surface area contributed by atoms with Gasteiger partial charge in [0.15, 0.2) is 0 Å². The Morgan fingerprint density at radius 2 is 2.17 bits per heavy atom. The van der Waals surface area contributed by atoms with Gasteiger partial charge in [0.05, 0.1) is 12.8 Å². The number of nitrogens with one attached hydrogen (secondary N) is 1. The number of carboxylic acids is 1. The van der Waals surface area contributed by atoms with Gasteiger partial charge >= 0.3 is 5.97 Å². The van der Waals surface area contributed by atoms with E-state index in [0.717, 1.165) is 0 Å². The van der Waals surface area contributed by atoms with Crippen LogP contribution in [0.2, 0.25) is 0 Å². The van der Waals surface area contributed by atoms with Gasteiger partial charge in [0.1, 0.15) is 12.1 Å². The lowest BCUT2D eigenvalue weighted by molar-refractivity contribution is -0.139. The van der Waals surface area contributed by atoms with Crippen molar-refractivity contribution in [3.63, 3.8) is 0 Å². The Bertz CT molecular complexity index is 460. The molecule has 1 aromatic heterocycles. The molecule has 0 radical (unpaired) electrons. The van der Waals surface area contributed by atoms with Gasteiger partial charge < -0.3 is 20.1 Å². The number of nitrogens with zero attached hydrogens (tertiary/aromatic N) is 2. The van der Waals surface area contributed by atoms with Gasteiger partial charge in [-0.25, -0.2) is 4.98 Å². The molecular weight excluding hydrogens is 238 g/mol. The molecule has 1 amide bonds. The number of anilines is 2. The molecular formula is C11H15N3O4. The molecule has 0 aliphatic carbocycles. The van der Waals surface area contributed by atoms with Crippen LogP contribution >= 0.6 is 0 Å². The number of pyridine rings is 1. The maximum absolute atomic E-state index is 11.5. The van der Waals surface area contributed by atoms with Crippen LogP contribution < -0.4 is 15.0 Å². The Morgan fingerprint density at radius 3 is 2.67 bits per heavy atom. The lowest BCUT2D eigenvalue weighted by Crippen LogP contribution is -2.19. The van der Waals surface area contributed by atoms with E-state index >= 15 is 0 Å². The van der Waals surface area contributed by atoms with Crippen LogP contribution in [0.4, 0.5) is 11.4 Å². The summed E-state index contributed by atoms with van der Waals surface area (Å²) in [5, 5.41) is 11.0. The van der Waals surface area contributed by atoms with E-state index in [9.17, 15) is 9.59 Å². The number of rotatable bonds is 5. The minimum Gasteiger partial charge on any atom is -0.481 e. The fraction of sp³-hybridized carbons (Fsp3) is 0.364. The zero-order valence-corrected chi connectivity index (χ0v) is 10.4. The highest BCUT2D eigenvalue weighted by Crippen LogP contribution is 2.31. The Hall–Kier alpha value is -2.31. The number of methoxy groups -OCH3 is 1. The summed E-state index contributed by atoms with van der Waals surface area (Å²) in [4.78, 5) is 27.7. The van der Waals surface area contributed by atoms with Gasteiger partial charge in [0.25, 0.3) is 0 Å². The normalized spacial score (nSPS) is 9.72. The van der Waals surface area contributed by atoms with E-state index in [4.69, 9.17) is 9.84 Å². The summed E-state index contributed by atoms with van der Waals surface area (Å²) in [6.45, 7) is 0. The van der Waals surface area contributed by atoms with Crippen molar-refractivity contribution in [2.75, 3.05) is 31.4 Å². The number of hydrogen-bond acceptors (Lipinski definition) is 5. The van der Waals surface area contributed by atoms with E-state index < -0.39 is 18.3 Å². The van der Waals surface area contributed by atoms with E-state index in [1.807, 2.05) is 0 Å². The fourth-order valence-electron chi connectivity index (χ4n) is 1.40. The lowest BCUT2D eigenvalue weighted by Gasteiger charge is -2.19. The van der Waals surface area contributed by atoms with E-state index in [2.05, 4.69) is 10.3 Å². The van der Waals surface area contributed by atoms with Crippen LogP contribution in [-0.2, 0) is 9.59 Å². The number of carbonyl (C=O) groups excluding carboxylic acids is 1. The summed E-state index contributed by atoms with van der Waals surface area (Å²) in [5.74, 6) is -1.58. The highest BCUT2D eigenvalue weighted by atomic mass is 16.5. The lowest BCUT2D eigenvalue weighted by atomic mass is 10.3. The van der Waals surface area contributed by atoms with Crippen LogP contribution in [0.1, 0.15) is 6.42 Å². The third-order valence-electron chi connectivity index (χ3n) is 2.15. The third kappa shape index (κ3) is 3.34. The van der Waals surface area contributed by atoms with Crippen LogP contribution in [0.25, 0.3) is 0 Å². The van der Waals surface area contributed by atoms with Gasteiger partial charge in [0, 0.05) is 20.3 Å². The van der Waals surface area contributed by atoms with Crippen LogP contribution in [-0.4, -0.2) is 43.2 Å². The SMILES string of the molecule is COc1nccc(N(C)C)c1NC(=O)CC(=O)O. The predicted molar refractivity (Wildman–Crippen MR) is 66.0 cm³/mol. The van der Waals surface area contributed by atoms with Crippen molar-refractivity contribution in [3.8, 4) is 5.88 Å². The summed E-state index contributed by atoms with van der Waals surface area (Å²) >= 11 is 0. The second-order valence-corrected chi connectivity index (χ2v) is 3.73. The molecule has 0 fully saturated rings. The maximum Gasteiger partial charge on any atom is 0.312 e. The first-order chi connectivity index (χ1) is 8.45. The molecule has 1 aromatic rings. The number of carbonyl (C=O) groups is 2. The average molecular weight is 253 g/mol. The molecule has 0 bridgehead atoms. The fourth-order valence-corrected chi connectivity index (χ4v) is 1.40. The van der Waals surface area contributed by atoms with Gasteiger partial charge in [-0.15, -0.1) is 0 Å². The van der Waals surface area contributed by atoms with Crippen molar-refractivity contribution in [3.05, 3.63) is 12.3 Å². The summed E-state index contributed by atoms with van der Waals surface area (Å²) in [6, 6.07) is 1.69. The zero-order valence-electron chi connectivity index (χ0n) is 10.4. The molecule has 0 atom stereocenters. The maximum atomic E-state index is 11.5. The van der Waals surface area contributed by atoms with Crippen molar-refractivity contribution in [1.29, 1.82) is 0 Å². The molecule has 0 unspecified atom stereocenters. The molecule has 98 valence electrons. The van der Waals surface area contributed by atoms with Crippen molar-refractivity contribution in [2.24, 2.45) is 0 Å². The molecule has 0 aliphatic heterocycles. The minimum absolute atomic E-state index is 0.236. The molecule has 0 aliphatic rings. The largest absolute Gasteiger partial charge is 0.481 e. The molecule has 7 heteroatoms. The van der Waals surface area contributed by atoms with Crippen LogP contribution in [0.5, 0.6) is 5.88 Å². The van der Waals surface area contributed by atoms with Crippen molar-refractivity contribution in [1.82, 2.24) is 4.98 Å². The van der Waals surface area contributed by atoms with Crippen LogP contribution in [0.3, 0.4) is 0 Å². The molecule has 1 heterocycles. The summed E-state index contributed by atoms with van der Waals surface area (Å²) < 4.78 is 5.04. The quantitative estimate of drug-likeness (QED) is 0.745. The molecule has 18 heavy (non-hydrogen) atoms. The van der Waals surface area contributed by atoms with Gasteiger partial charge in [-0.2, -0.15) is 0 Å². The first-order valence-electron chi connectivity index (χ1n) is 5.17. The molecule has 2 N–H and O–H groups in total. The highest BCUT2D eigenvalue weighted by molar-refractivity contribution is 6.03. The second-order valence-electron chi connectivity index (χ2n) is 3.73. The number of carboxylic acid groups (broad SMARTS) is 1. The topological polar surface area (TPSA) is 91.8 Å². The van der Waals surface area contributed by atoms with Gasteiger partial charge in [-0.05, 0) is 6.07 Å². The van der Waals surface area contributed by atoms with Crippen molar-refractivity contribution < 1.29 is 19.4 Å². The van der Waals surface area contributed by atoms with Crippen LogP contribution in [0.15, 0.2) is 12.3 Å². The number of amides is 1. The van der Waals surface area contributed by atoms with Crippen LogP contribution in [0, 0.1) is 0 Å². The van der Waals surface area contributed by atoms with Gasteiger partial charge in [-0.1, -0.05) is 0 Å². The molecule has 0 saturated carbocycles. The van der Waals surface area contributed by atoms with E-state index in [1.165, 1.54) is 7.11 Å². The summed E-state index contributed by atoms with van der Waals surface area (Å²) in [5.41, 5.74) is 1.04.